The van der Waals surface area contributed by atoms with Crippen molar-refractivity contribution in [3.8, 4) is 11.6 Å². The Kier molecular flexibility index (Phi) is 5.69. The van der Waals surface area contributed by atoms with Gasteiger partial charge in [0.25, 0.3) is 0 Å². The molecule has 0 radical (unpaired) electrons. The van der Waals surface area contributed by atoms with E-state index in [9.17, 15) is 4.79 Å². The molecule has 27 heavy (non-hydrogen) atoms. The molecule has 4 rings (SSSR count). The Bertz CT molecular complexity index is 747. The Morgan fingerprint density at radius 3 is 2.81 bits per heavy atom. The molecule has 2 aliphatic heterocycles. The van der Waals surface area contributed by atoms with Gasteiger partial charge in [0, 0.05) is 38.2 Å². The summed E-state index contributed by atoms with van der Waals surface area (Å²) in [5.74, 6) is 1.12. The summed E-state index contributed by atoms with van der Waals surface area (Å²) >= 11 is 0. The molecule has 1 N–H and O–H groups in total. The molecule has 0 aromatic carbocycles. The third kappa shape index (κ3) is 4.48. The minimum atomic E-state index is 0.00134. The first-order chi connectivity index (χ1) is 13.3. The van der Waals surface area contributed by atoms with Crippen molar-refractivity contribution in [3.05, 3.63) is 24.4 Å². The first-order valence-electron chi connectivity index (χ1n) is 9.49. The minimum absolute atomic E-state index is 0.00134. The zero-order valence-corrected chi connectivity index (χ0v) is 15.2. The van der Waals surface area contributed by atoms with Gasteiger partial charge in [0.1, 0.15) is 0 Å². The van der Waals surface area contributed by atoms with Crippen LogP contribution in [0.25, 0.3) is 11.6 Å². The van der Waals surface area contributed by atoms with Crippen LogP contribution in [0, 0.1) is 5.92 Å². The number of hydrogen-bond acceptors (Lipinski definition) is 8. The van der Waals surface area contributed by atoms with E-state index in [1.165, 1.54) is 0 Å². The Morgan fingerprint density at radius 2 is 2.00 bits per heavy atom. The van der Waals surface area contributed by atoms with Gasteiger partial charge in [0.05, 0.1) is 12.5 Å². The second-order valence-electron chi connectivity index (χ2n) is 6.98. The topological polar surface area (TPSA) is 106 Å². The molecular formula is C18H24N6O3. The molecule has 0 aliphatic carbocycles. The van der Waals surface area contributed by atoms with E-state index in [1.54, 1.807) is 18.5 Å². The van der Waals surface area contributed by atoms with E-state index in [2.05, 4.69) is 30.3 Å². The summed E-state index contributed by atoms with van der Waals surface area (Å²) in [6.45, 7) is 3.74. The van der Waals surface area contributed by atoms with Gasteiger partial charge in [-0.2, -0.15) is 4.98 Å². The van der Waals surface area contributed by atoms with E-state index in [0.29, 0.717) is 23.6 Å². The number of carbonyl (C=O) groups excluding carboxylic acids is 1. The lowest BCUT2D eigenvalue weighted by Gasteiger charge is -2.39. The van der Waals surface area contributed by atoms with Gasteiger partial charge in [-0.3, -0.25) is 9.69 Å². The molecular weight excluding hydrogens is 348 g/mol. The molecule has 1 atom stereocenters. The molecule has 2 aromatic heterocycles. The quantitative estimate of drug-likeness (QED) is 0.830. The summed E-state index contributed by atoms with van der Waals surface area (Å²) in [6.07, 6.45) is 7.31. The van der Waals surface area contributed by atoms with Crippen LogP contribution >= 0.6 is 0 Å². The molecule has 9 nitrogen and oxygen atoms in total. The van der Waals surface area contributed by atoms with E-state index in [0.717, 1.165) is 52.0 Å². The predicted octanol–water partition coefficient (Wildman–Crippen LogP) is 1.03. The number of likely N-dealkylation sites (tertiary alicyclic amines) is 1. The standard InChI is InChI=1S/C18H24N6O3/c25-18(13-3-1-8-24(12-13)14-4-9-26-10-5-14)21-11-15-22-17(23-27-15)16-19-6-2-7-20-16/h2,6-7,13-14H,1,3-5,8-12H2,(H,21,25)/t13-/m1/s1. The zero-order chi connectivity index (χ0) is 18.5. The van der Waals surface area contributed by atoms with E-state index in [-0.39, 0.29) is 18.4 Å². The molecule has 1 amide bonds. The highest BCUT2D eigenvalue weighted by atomic mass is 16.5. The molecule has 4 heterocycles. The van der Waals surface area contributed by atoms with Crippen LogP contribution in [-0.4, -0.2) is 63.3 Å². The van der Waals surface area contributed by atoms with Gasteiger partial charge < -0.3 is 14.6 Å². The summed E-state index contributed by atoms with van der Waals surface area (Å²) in [7, 11) is 0. The van der Waals surface area contributed by atoms with Crippen LogP contribution in [0.15, 0.2) is 23.0 Å². The zero-order valence-electron chi connectivity index (χ0n) is 15.2. The van der Waals surface area contributed by atoms with Crippen LogP contribution in [0.5, 0.6) is 0 Å². The maximum absolute atomic E-state index is 12.6. The molecule has 2 aromatic rings. The average molecular weight is 372 g/mol. The number of amides is 1. The molecule has 144 valence electrons. The first-order valence-corrected chi connectivity index (χ1v) is 9.49. The van der Waals surface area contributed by atoms with Crippen molar-refractivity contribution in [1.82, 2.24) is 30.3 Å². The number of aromatic nitrogens is 4. The molecule has 0 bridgehead atoms. The molecule has 2 aliphatic rings. The number of nitrogens with one attached hydrogen (secondary N) is 1. The molecule has 2 fully saturated rings. The van der Waals surface area contributed by atoms with Crippen molar-refractivity contribution in [2.45, 2.75) is 38.3 Å². The fourth-order valence-electron chi connectivity index (χ4n) is 3.74. The molecule has 9 heteroatoms. The molecule has 0 spiro atoms. The van der Waals surface area contributed by atoms with Crippen LogP contribution in [-0.2, 0) is 16.1 Å². The minimum Gasteiger partial charge on any atom is -0.381 e. The molecule has 2 saturated heterocycles. The van der Waals surface area contributed by atoms with Crippen molar-refractivity contribution >= 4 is 5.91 Å². The van der Waals surface area contributed by atoms with Gasteiger partial charge in [-0.25, -0.2) is 9.97 Å². The second kappa shape index (κ2) is 8.53. The van der Waals surface area contributed by atoms with E-state index in [1.807, 2.05) is 0 Å². The van der Waals surface area contributed by atoms with Crippen LogP contribution in [0.2, 0.25) is 0 Å². The highest BCUT2D eigenvalue weighted by molar-refractivity contribution is 5.78. The Labute approximate surface area is 157 Å². The lowest BCUT2D eigenvalue weighted by molar-refractivity contribution is -0.127. The molecule has 0 saturated carbocycles. The summed E-state index contributed by atoms with van der Waals surface area (Å²) < 4.78 is 10.6. The average Bonchev–Trinajstić information content (AvgIpc) is 3.22. The van der Waals surface area contributed by atoms with Gasteiger partial charge in [-0.05, 0) is 38.3 Å². The number of rotatable bonds is 5. The smallest absolute Gasteiger partial charge is 0.246 e. The largest absolute Gasteiger partial charge is 0.381 e. The second-order valence-corrected chi connectivity index (χ2v) is 6.98. The maximum atomic E-state index is 12.6. The van der Waals surface area contributed by atoms with Gasteiger partial charge in [-0.1, -0.05) is 5.16 Å². The highest BCUT2D eigenvalue weighted by Crippen LogP contribution is 2.23. The normalized spacial score (nSPS) is 21.9. The lowest BCUT2D eigenvalue weighted by atomic mass is 9.94. The van der Waals surface area contributed by atoms with Crippen molar-refractivity contribution in [1.29, 1.82) is 0 Å². The third-order valence-corrected chi connectivity index (χ3v) is 5.18. The Balaban J connectivity index is 1.29. The van der Waals surface area contributed by atoms with Crippen LogP contribution in [0.1, 0.15) is 31.6 Å². The van der Waals surface area contributed by atoms with Crippen molar-refractivity contribution in [3.63, 3.8) is 0 Å². The number of nitrogens with zero attached hydrogens (tertiary/aromatic N) is 5. The van der Waals surface area contributed by atoms with Crippen molar-refractivity contribution in [2.24, 2.45) is 5.92 Å². The van der Waals surface area contributed by atoms with Crippen molar-refractivity contribution in [2.75, 3.05) is 26.3 Å². The van der Waals surface area contributed by atoms with E-state index < -0.39 is 0 Å². The van der Waals surface area contributed by atoms with Crippen LogP contribution < -0.4 is 5.32 Å². The summed E-state index contributed by atoms with van der Waals surface area (Å²) in [5.41, 5.74) is 0. The van der Waals surface area contributed by atoms with Crippen molar-refractivity contribution < 1.29 is 14.1 Å². The number of hydrogen-bond donors (Lipinski definition) is 1. The summed E-state index contributed by atoms with van der Waals surface area (Å²) in [6, 6.07) is 2.26. The molecule has 0 unspecified atom stereocenters. The Hall–Kier alpha value is -2.39. The highest BCUT2D eigenvalue weighted by Gasteiger charge is 2.30. The van der Waals surface area contributed by atoms with Gasteiger partial charge in [0.15, 0.2) is 0 Å². The van der Waals surface area contributed by atoms with E-state index >= 15 is 0 Å². The fraction of sp³-hybridized carbons (Fsp3) is 0.611. The number of ether oxygens (including phenoxy) is 1. The number of carbonyl (C=O) groups is 1. The summed E-state index contributed by atoms with van der Waals surface area (Å²) in [5, 5.41) is 6.80. The van der Waals surface area contributed by atoms with Crippen LogP contribution in [0.4, 0.5) is 0 Å². The van der Waals surface area contributed by atoms with Crippen LogP contribution in [0.3, 0.4) is 0 Å². The monoisotopic (exact) mass is 372 g/mol. The SMILES string of the molecule is O=C(NCc1nc(-c2ncccn2)no1)[C@@H]1CCCN(C2CCOCC2)C1. The maximum Gasteiger partial charge on any atom is 0.246 e. The summed E-state index contributed by atoms with van der Waals surface area (Å²) in [4.78, 5) is 27.5. The number of piperidine rings is 1. The Morgan fingerprint density at radius 1 is 1.19 bits per heavy atom. The lowest BCUT2D eigenvalue weighted by Crippen LogP contribution is -2.48. The predicted molar refractivity (Wildman–Crippen MR) is 95.3 cm³/mol. The van der Waals surface area contributed by atoms with Gasteiger partial charge in [-0.15, -0.1) is 0 Å². The first kappa shape index (κ1) is 18.0. The third-order valence-electron chi connectivity index (χ3n) is 5.18. The van der Waals surface area contributed by atoms with E-state index in [4.69, 9.17) is 9.26 Å². The van der Waals surface area contributed by atoms with Gasteiger partial charge >= 0.3 is 0 Å². The fourth-order valence-corrected chi connectivity index (χ4v) is 3.74. The van der Waals surface area contributed by atoms with Gasteiger partial charge in [0.2, 0.25) is 23.4 Å².